The fraction of sp³-hybridized carbons (Fsp3) is 0.458. The first-order chi connectivity index (χ1) is 13.9. The summed E-state index contributed by atoms with van der Waals surface area (Å²) in [5.41, 5.74) is 0.935. The van der Waals surface area contributed by atoms with Crippen LogP contribution in [0, 0.1) is 5.82 Å². The van der Waals surface area contributed by atoms with Crippen molar-refractivity contribution in [3.63, 3.8) is 0 Å². The van der Waals surface area contributed by atoms with Crippen molar-refractivity contribution in [2.75, 3.05) is 14.2 Å². The van der Waals surface area contributed by atoms with Crippen LogP contribution >= 0.6 is 0 Å². The molecule has 0 spiro atoms. The lowest BCUT2D eigenvalue weighted by Gasteiger charge is -2.24. The number of hydrogen-bond acceptors (Lipinski definition) is 5. The van der Waals surface area contributed by atoms with E-state index in [-0.39, 0.29) is 11.4 Å². The zero-order chi connectivity index (χ0) is 22.5. The minimum Gasteiger partial charge on any atom is -0.497 e. The first kappa shape index (κ1) is 23.7. The van der Waals surface area contributed by atoms with Crippen LogP contribution in [-0.2, 0) is 15.9 Å². The van der Waals surface area contributed by atoms with Gasteiger partial charge in [-0.25, -0.2) is 9.18 Å². The zero-order valence-electron chi connectivity index (χ0n) is 18.8. The largest absolute Gasteiger partial charge is 0.514 e. The quantitative estimate of drug-likeness (QED) is 0.397. The third-order valence-corrected chi connectivity index (χ3v) is 4.68. The molecular weight excluding hydrogens is 387 g/mol. The van der Waals surface area contributed by atoms with Crippen LogP contribution in [-0.4, -0.2) is 31.6 Å². The molecule has 0 amide bonds. The smallest absolute Gasteiger partial charge is 0.497 e. The number of benzene rings is 2. The van der Waals surface area contributed by atoms with Crippen molar-refractivity contribution in [1.29, 1.82) is 0 Å². The molecule has 0 radical (unpaired) electrons. The molecule has 0 aliphatic heterocycles. The Hall–Kier alpha value is -2.60. The Morgan fingerprint density at radius 1 is 0.933 bits per heavy atom. The summed E-state index contributed by atoms with van der Waals surface area (Å²) in [6, 6.07) is 9.72. The number of aryl methyl sites for hydroxylation is 1. The molecule has 0 fully saturated rings. The molecule has 6 heteroatoms. The van der Waals surface area contributed by atoms with Crippen LogP contribution < -0.4 is 9.47 Å². The van der Waals surface area contributed by atoms with Gasteiger partial charge in [-0.2, -0.15) is 0 Å². The highest BCUT2D eigenvalue weighted by atomic mass is 19.1. The van der Waals surface area contributed by atoms with E-state index >= 15 is 0 Å². The number of hydrogen-bond donors (Lipinski definition) is 0. The van der Waals surface area contributed by atoms with Crippen LogP contribution in [0.2, 0.25) is 0 Å². The molecule has 0 aliphatic carbocycles. The Labute approximate surface area is 178 Å². The van der Waals surface area contributed by atoms with E-state index in [0.717, 1.165) is 5.56 Å². The van der Waals surface area contributed by atoms with Gasteiger partial charge in [0, 0.05) is 12.7 Å². The van der Waals surface area contributed by atoms with Crippen molar-refractivity contribution < 1.29 is 28.1 Å². The predicted octanol–water partition coefficient (Wildman–Crippen LogP) is 6.17. The highest BCUT2D eigenvalue weighted by Gasteiger charge is 2.21. The van der Waals surface area contributed by atoms with Crippen molar-refractivity contribution in [1.82, 2.24) is 0 Å². The SMILES string of the molecule is COc1ccc(F)c(-c2ccc(OC(=O)OC(C)(C)C)cc2CCC(C)(C)OC)c1. The van der Waals surface area contributed by atoms with Gasteiger partial charge in [0.2, 0.25) is 0 Å². The summed E-state index contributed by atoms with van der Waals surface area (Å²) in [6.07, 6.45) is 0.502. The van der Waals surface area contributed by atoms with Gasteiger partial charge in [-0.15, -0.1) is 0 Å². The van der Waals surface area contributed by atoms with Gasteiger partial charge in [0.15, 0.2) is 0 Å². The maximum absolute atomic E-state index is 14.6. The van der Waals surface area contributed by atoms with Gasteiger partial charge >= 0.3 is 6.16 Å². The van der Waals surface area contributed by atoms with Gasteiger partial charge in [0.05, 0.1) is 12.7 Å². The summed E-state index contributed by atoms with van der Waals surface area (Å²) < 4.78 is 36.0. The molecule has 0 heterocycles. The fourth-order valence-corrected chi connectivity index (χ4v) is 2.85. The molecule has 0 saturated carbocycles. The molecular formula is C24H31FO5. The van der Waals surface area contributed by atoms with E-state index < -0.39 is 11.8 Å². The van der Waals surface area contributed by atoms with Crippen LogP contribution in [0.15, 0.2) is 36.4 Å². The van der Waals surface area contributed by atoms with Crippen LogP contribution in [0.1, 0.15) is 46.6 Å². The molecule has 0 aromatic heterocycles. The van der Waals surface area contributed by atoms with Crippen LogP contribution in [0.25, 0.3) is 11.1 Å². The average Bonchev–Trinajstić information content (AvgIpc) is 2.66. The van der Waals surface area contributed by atoms with Gasteiger partial charge in [-0.3, -0.25) is 0 Å². The molecule has 0 N–H and O–H groups in total. The Morgan fingerprint density at radius 3 is 2.20 bits per heavy atom. The van der Waals surface area contributed by atoms with Crippen molar-refractivity contribution in [3.05, 3.63) is 47.8 Å². The molecule has 2 aromatic rings. The Bertz CT molecular complexity index is 884. The predicted molar refractivity (Wildman–Crippen MR) is 115 cm³/mol. The van der Waals surface area contributed by atoms with Gasteiger partial charge < -0.3 is 18.9 Å². The molecule has 0 saturated heterocycles. The Morgan fingerprint density at radius 2 is 1.60 bits per heavy atom. The monoisotopic (exact) mass is 418 g/mol. The van der Waals surface area contributed by atoms with Gasteiger partial charge in [-0.05, 0) is 88.9 Å². The summed E-state index contributed by atoms with van der Waals surface area (Å²) in [6.45, 7) is 9.27. The van der Waals surface area contributed by atoms with Crippen LogP contribution in [0.5, 0.6) is 11.5 Å². The number of halogens is 1. The fourth-order valence-electron chi connectivity index (χ4n) is 2.85. The van der Waals surface area contributed by atoms with Crippen LogP contribution in [0.3, 0.4) is 0 Å². The first-order valence-corrected chi connectivity index (χ1v) is 9.87. The molecule has 0 bridgehead atoms. The third-order valence-electron chi connectivity index (χ3n) is 4.68. The van der Waals surface area contributed by atoms with E-state index in [1.807, 2.05) is 13.8 Å². The van der Waals surface area contributed by atoms with Crippen molar-refractivity contribution in [2.45, 2.75) is 58.7 Å². The standard InChI is InChI=1S/C24H31FO5/c1-23(2,3)30-22(26)29-18-8-10-19(16(14-18)12-13-24(4,5)28-7)20-15-17(27-6)9-11-21(20)25/h8-11,14-15H,12-13H2,1-7H3. The zero-order valence-corrected chi connectivity index (χ0v) is 18.8. The normalized spacial score (nSPS) is 11.9. The van der Waals surface area contributed by atoms with E-state index in [2.05, 4.69) is 0 Å². The lowest BCUT2D eigenvalue weighted by molar-refractivity contribution is 0.0155. The molecule has 2 aromatic carbocycles. The second-order valence-electron chi connectivity index (χ2n) is 8.70. The minimum absolute atomic E-state index is 0.335. The highest BCUT2D eigenvalue weighted by Crippen LogP contribution is 2.34. The second kappa shape index (κ2) is 9.47. The third kappa shape index (κ3) is 6.73. The topological polar surface area (TPSA) is 54.0 Å². The molecule has 5 nitrogen and oxygen atoms in total. The van der Waals surface area contributed by atoms with Gasteiger partial charge in [0.1, 0.15) is 22.9 Å². The van der Waals surface area contributed by atoms with E-state index in [9.17, 15) is 9.18 Å². The summed E-state index contributed by atoms with van der Waals surface area (Å²) in [7, 11) is 3.20. The summed E-state index contributed by atoms with van der Waals surface area (Å²) in [4.78, 5) is 12.1. The number of rotatable bonds is 7. The lowest BCUT2D eigenvalue weighted by atomic mass is 9.92. The van der Waals surface area contributed by atoms with Gasteiger partial charge in [-0.1, -0.05) is 6.07 Å². The van der Waals surface area contributed by atoms with Crippen molar-refractivity contribution >= 4 is 6.16 Å². The Kier molecular flexibility index (Phi) is 7.48. The van der Waals surface area contributed by atoms with E-state index in [1.165, 1.54) is 13.2 Å². The van der Waals surface area contributed by atoms with E-state index in [1.54, 1.807) is 58.2 Å². The summed E-state index contributed by atoms with van der Waals surface area (Å²) in [5, 5.41) is 0. The minimum atomic E-state index is -0.786. The molecule has 30 heavy (non-hydrogen) atoms. The molecule has 0 aliphatic rings. The molecule has 164 valence electrons. The number of methoxy groups -OCH3 is 2. The maximum atomic E-state index is 14.6. The highest BCUT2D eigenvalue weighted by molar-refractivity contribution is 5.72. The second-order valence-corrected chi connectivity index (χ2v) is 8.70. The van der Waals surface area contributed by atoms with Crippen LogP contribution in [0.4, 0.5) is 9.18 Å². The molecule has 2 rings (SSSR count). The average molecular weight is 419 g/mol. The maximum Gasteiger partial charge on any atom is 0.514 e. The van der Waals surface area contributed by atoms with Crippen molar-refractivity contribution in [3.8, 4) is 22.6 Å². The molecule has 0 atom stereocenters. The lowest BCUT2D eigenvalue weighted by Crippen LogP contribution is -2.26. The number of carbonyl (C=O) groups is 1. The molecule has 0 unspecified atom stereocenters. The number of carbonyl (C=O) groups excluding carboxylic acids is 1. The number of ether oxygens (including phenoxy) is 4. The van der Waals surface area contributed by atoms with Gasteiger partial charge in [0.25, 0.3) is 0 Å². The summed E-state index contributed by atoms with van der Waals surface area (Å²) in [5.74, 6) is 0.536. The first-order valence-electron chi connectivity index (χ1n) is 9.87. The Balaban J connectivity index is 2.42. The summed E-state index contributed by atoms with van der Waals surface area (Å²) >= 11 is 0. The van der Waals surface area contributed by atoms with E-state index in [4.69, 9.17) is 18.9 Å². The van der Waals surface area contributed by atoms with E-state index in [0.29, 0.717) is 35.5 Å². The van der Waals surface area contributed by atoms with Crippen molar-refractivity contribution in [2.24, 2.45) is 0 Å².